The van der Waals surface area contributed by atoms with Crippen molar-refractivity contribution in [1.82, 2.24) is 24.1 Å². The molecular formula is C45H27N5O. The maximum atomic E-state index is 6.62. The standard InChI is InChI=1S/C45H27N5O/c1-3-13-28(14-4-1)43-46-44(29-23-24-33-31-17-7-10-20-37(31)49(39(33)27-29)30-15-5-2-6-16-30)48-45(47-43)50-38-21-11-8-18-32(38)35-25-26-36-34-19-9-12-22-40(34)51-42(36)41(35)50/h1-27H. The van der Waals surface area contributed by atoms with Crippen LogP contribution in [0.2, 0.25) is 0 Å². The molecule has 0 aliphatic rings. The van der Waals surface area contributed by atoms with Gasteiger partial charge in [-0.1, -0.05) is 121 Å². The van der Waals surface area contributed by atoms with Gasteiger partial charge in [-0.15, -0.1) is 0 Å². The molecule has 11 aromatic rings. The highest BCUT2D eigenvalue weighted by Crippen LogP contribution is 2.40. The lowest BCUT2D eigenvalue weighted by Crippen LogP contribution is -2.06. The first kappa shape index (κ1) is 27.9. The van der Waals surface area contributed by atoms with Gasteiger partial charge in [-0.05, 0) is 42.5 Å². The summed E-state index contributed by atoms with van der Waals surface area (Å²) < 4.78 is 11.1. The fourth-order valence-corrected chi connectivity index (χ4v) is 7.71. The molecule has 0 unspecified atom stereocenters. The second-order valence-electron chi connectivity index (χ2n) is 12.9. The third-order valence-corrected chi connectivity index (χ3v) is 9.98. The van der Waals surface area contributed by atoms with Crippen LogP contribution in [0.3, 0.4) is 0 Å². The van der Waals surface area contributed by atoms with Crippen LogP contribution in [0.1, 0.15) is 0 Å². The number of aromatic nitrogens is 5. The summed E-state index contributed by atoms with van der Waals surface area (Å²) in [6.45, 7) is 0. The monoisotopic (exact) mass is 653 g/mol. The summed E-state index contributed by atoms with van der Waals surface area (Å²) in [5.74, 6) is 1.72. The number of hydrogen-bond donors (Lipinski definition) is 0. The van der Waals surface area contributed by atoms with Gasteiger partial charge in [0.2, 0.25) is 5.95 Å². The molecule has 0 spiro atoms. The van der Waals surface area contributed by atoms with E-state index in [1.54, 1.807) is 0 Å². The smallest absolute Gasteiger partial charge is 0.238 e. The second kappa shape index (κ2) is 10.7. The van der Waals surface area contributed by atoms with Crippen LogP contribution in [0.4, 0.5) is 0 Å². The summed E-state index contributed by atoms with van der Waals surface area (Å²) in [5, 5.41) is 6.68. The molecule has 0 N–H and O–H groups in total. The molecule has 0 bridgehead atoms. The Morgan fingerprint density at radius 2 is 0.961 bits per heavy atom. The van der Waals surface area contributed by atoms with E-state index >= 15 is 0 Å². The Morgan fingerprint density at radius 1 is 0.392 bits per heavy atom. The average Bonchev–Trinajstić information content (AvgIpc) is 3.86. The molecule has 0 saturated carbocycles. The predicted molar refractivity (Wildman–Crippen MR) is 207 cm³/mol. The van der Waals surface area contributed by atoms with Gasteiger partial charge in [0.25, 0.3) is 0 Å². The molecule has 0 radical (unpaired) electrons. The summed E-state index contributed by atoms with van der Waals surface area (Å²) in [6.07, 6.45) is 0. The lowest BCUT2D eigenvalue weighted by atomic mass is 10.1. The van der Waals surface area contributed by atoms with E-state index in [-0.39, 0.29) is 0 Å². The Morgan fingerprint density at radius 3 is 1.75 bits per heavy atom. The van der Waals surface area contributed by atoms with E-state index in [0.717, 1.165) is 71.6 Å². The van der Waals surface area contributed by atoms with E-state index in [9.17, 15) is 0 Å². The number of para-hydroxylation sites is 4. The Bertz CT molecular complexity index is 3140. The minimum atomic E-state index is 0.529. The number of rotatable bonds is 4. The van der Waals surface area contributed by atoms with Gasteiger partial charge in [0.15, 0.2) is 17.2 Å². The molecule has 4 aromatic heterocycles. The van der Waals surface area contributed by atoms with Crippen molar-refractivity contribution in [3.63, 3.8) is 0 Å². The van der Waals surface area contributed by atoms with E-state index in [1.165, 1.54) is 10.8 Å². The largest absolute Gasteiger partial charge is 0.454 e. The Labute approximate surface area is 291 Å². The quantitative estimate of drug-likeness (QED) is 0.190. The van der Waals surface area contributed by atoms with Gasteiger partial charge in [0.1, 0.15) is 11.1 Å². The lowest BCUT2D eigenvalue weighted by molar-refractivity contribution is 0.670. The highest BCUT2D eigenvalue weighted by Gasteiger charge is 2.22. The van der Waals surface area contributed by atoms with E-state index in [4.69, 9.17) is 19.4 Å². The molecule has 6 heteroatoms. The zero-order valence-electron chi connectivity index (χ0n) is 27.2. The first-order valence-electron chi connectivity index (χ1n) is 17.0. The molecule has 51 heavy (non-hydrogen) atoms. The van der Waals surface area contributed by atoms with Gasteiger partial charge in [-0.25, -0.2) is 4.98 Å². The fraction of sp³-hybridized carbons (Fsp3) is 0. The van der Waals surface area contributed by atoms with E-state index in [1.807, 2.05) is 48.5 Å². The summed E-state index contributed by atoms with van der Waals surface area (Å²) >= 11 is 0. The van der Waals surface area contributed by atoms with Gasteiger partial charge in [-0.2, -0.15) is 9.97 Å². The Hall–Kier alpha value is -7.05. The number of benzene rings is 7. The van der Waals surface area contributed by atoms with Crippen LogP contribution in [0.5, 0.6) is 0 Å². The molecule has 0 saturated heterocycles. The van der Waals surface area contributed by atoms with Crippen molar-refractivity contribution >= 4 is 65.6 Å². The Balaban J connectivity index is 1.23. The molecule has 4 heterocycles. The zero-order valence-corrected chi connectivity index (χ0v) is 27.2. The SMILES string of the molecule is c1ccc(-c2nc(-c3ccc4c5ccccc5n(-c5ccccc5)c4c3)nc(-n3c4ccccc4c4ccc5c6ccccc6oc5c43)n2)cc1. The minimum Gasteiger partial charge on any atom is -0.454 e. The summed E-state index contributed by atoms with van der Waals surface area (Å²) in [5.41, 5.74) is 8.73. The fourth-order valence-electron chi connectivity index (χ4n) is 7.71. The third kappa shape index (κ3) is 4.14. The van der Waals surface area contributed by atoms with Crippen LogP contribution in [-0.4, -0.2) is 24.1 Å². The van der Waals surface area contributed by atoms with Crippen molar-refractivity contribution in [2.24, 2.45) is 0 Å². The average molecular weight is 654 g/mol. The highest BCUT2D eigenvalue weighted by molar-refractivity contribution is 6.21. The second-order valence-corrected chi connectivity index (χ2v) is 12.9. The van der Waals surface area contributed by atoms with Crippen molar-refractivity contribution in [2.45, 2.75) is 0 Å². The van der Waals surface area contributed by atoms with E-state index < -0.39 is 0 Å². The molecule has 0 atom stereocenters. The van der Waals surface area contributed by atoms with Crippen LogP contribution < -0.4 is 0 Å². The summed E-state index contributed by atoms with van der Waals surface area (Å²) in [7, 11) is 0. The number of hydrogen-bond acceptors (Lipinski definition) is 4. The third-order valence-electron chi connectivity index (χ3n) is 9.98. The topological polar surface area (TPSA) is 61.7 Å². The molecular weight excluding hydrogens is 627 g/mol. The maximum absolute atomic E-state index is 6.62. The van der Waals surface area contributed by atoms with Gasteiger partial charge < -0.3 is 8.98 Å². The van der Waals surface area contributed by atoms with Crippen molar-refractivity contribution < 1.29 is 4.42 Å². The highest BCUT2D eigenvalue weighted by atomic mass is 16.3. The number of nitrogens with zero attached hydrogens (tertiary/aromatic N) is 5. The first-order chi connectivity index (χ1) is 25.3. The molecule has 0 aliphatic carbocycles. The summed E-state index contributed by atoms with van der Waals surface area (Å²) in [6, 6.07) is 56.7. The minimum absolute atomic E-state index is 0.529. The number of furan rings is 1. The van der Waals surface area contributed by atoms with E-state index in [0.29, 0.717) is 17.6 Å². The van der Waals surface area contributed by atoms with Crippen LogP contribution in [0.25, 0.3) is 100.0 Å². The maximum Gasteiger partial charge on any atom is 0.238 e. The molecule has 6 nitrogen and oxygen atoms in total. The van der Waals surface area contributed by atoms with Crippen LogP contribution in [0, 0.1) is 0 Å². The molecule has 11 rings (SSSR count). The molecule has 0 fully saturated rings. The molecule has 0 aliphatic heterocycles. The predicted octanol–water partition coefficient (Wildman–Crippen LogP) is 11.3. The molecule has 7 aromatic carbocycles. The van der Waals surface area contributed by atoms with Crippen LogP contribution in [0.15, 0.2) is 168 Å². The first-order valence-corrected chi connectivity index (χ1v) is 17.0. The van der Waals surface area contributed by atoms with Crippen molar-refractivity contribution in [2.75, 3.05) is 0 Å². The van der Waals surface area contributed by atoms with Crippen molar-refractivity contribution in [3.05, 3.63) is 164 Å². The lowest BCUT2D eigenvalue weighted by Gasteiger charge is -2.12. The van der Waals surface area contributed by atoms with E-state index in [2.05, 4.69) is 124 Å². The normalized spacial score (nSPS) is 11.9. The zero-order chi connectivity index (χ0) is 33.5. The molecule has 238 valence electrons. The van der Waals surface area contributed by atoms with Crippen molar-refractivity contribution in [1.29, 1.82) is 0 Å². The Kier molecular flexibility index (Phi) is 5.86. The van der Waals surface area contributed by atoms with Gasteiger partial charge in [-0.3, -0.25) is 4.57 Å². The summed E-state index contributed by atoms with van der Waals surface area (Å²) in [4.78, 5) is 15.6. The van der Waals surface area contributed by atoms with Gasteiger partial charge >= 0.3 is 0 Å². The molecule has 0 amide bonds. The van der Waals surface area contributed by atoms with Crippen LogP contribution in [-0.2, 0) is 0 Å². The van der Waals surface area contributed by atoms with Gasteiger partial charge in [0, 0.05) is 49.1 Å². The number of fused-ring (bicyclic) bond motifs is 10. The van der Waals surface area contributed by atoms with Crippen LogP contribution >= 0.6 is 0 Å². The van der Waals surface area contributed by atoms with Crippen molar-refractivity contribution in [3.8, 4) is 34.4 Å². The van der Waals surface area contributed by atoms with Gasteiger partial charge in [0.05, 0.1) is 16.6 Å².